The van der Waals surface area contributed by atoms with Crippen molar-refractivity contribution in [2.45, 2.75) is 64.1 Å². The van der Waals surface area contributed by atoms with Crippen molar-refractivity contribution < 1.29 is 9.53 Å². The highest BCUT2D eigenvalue weighted by Crippen LogP contribution is 2.36. The van der Waals surface area contributed by atoms with Gasteiger partial charge in [-0.25, -0.2) is 0 Å². The van der Waals surface area contributed by atoms with Gasteiger partial charge >= 0.3 is 5.97 Å². The molecule has 0 saturated heterocycles. The summed E-state index contributed by atoms with van der Waals surface area (Å²) >= 11 is 0. The third kappa shape index (κ3) is 3.03. The molecule has 0 aromatic carbocycles. The molecule has 1 N–H and O–H groups in total. The van der Waals surface area contributed by atoms with Crippen molar-refractivity contribution in [2.75, 3.05) is 7.11 Å². The molecule has 1 aromatic rings. The Morgan fingerprint density at radius 3 is 2.90 bits per heavy atom. The van der Waals surface area contributed by atoms with Crippen LogP contribution in [0.3, 0.4) is 0 Å². The molecule has 5 heteroatoms. The summed E-state index contributed by atoms with van der Waals surface area (Å²) < 4.78 is 7.05. The predicted molar refractivity (Wildman–Crippen MR) is 77.5 cm³/mol. The number of aryl methyl sites for hydroxylation is 1. The Balaban J connectivity index is 2.22. The van der Waals surface area contributed by atoms with Crippen LogP contribution in [0.1, 0.15) is 51.3 Å². The molecule has 5 nitrogen and oxygen atoms in total. The van der Waals surface area contributed by atoms with Crippen LogP contribution in [-0.2, 0) is 9.53 Å². The molecule has 2 atom stereocenters. The maximum atomic E-state index is 12.3. The van der Waals surface area contributed by atoms with E-state index in [-0.39, 0.29) is 18.1 Å². The highest BCUT2D eigenvalue weighted by Gasteiger charge is 2.44. The van der Waals surface area contributed by atoms with Gasteiger partial charge in [-0.1, -0.05) is 0 Å². The normalized spacial score (nSPS) is 26.8. The van der Waals surface area contributed by atoms with Gasteiger partial charge in [-0.2, -0.15) is 5.10 Å². The molecule has 20 heavy (non-hydrogen) atoms. The predicted octanol–water partition coefficient (Wildman–Crippen LogP) is 2.22. The highest BCUT2D eigenvalue weighted by atomic mass is 16.5. The second-order valence-corrected chi connectivity index (χ2v) is 6.06. The average Bonchev–Trinajstić information content (AvgIpc) is 2.84. The van der Waals surface area contributed by atoms with Gasteiger partial charge in [0.1, 0.15) is 5.54 Å². The van der Waals surface area contributed by atoms with Crippen LogP contribution in [0.4, 0.5) is 0 Å². The lowest BCUT2D eigenvalue weighted by molar-refractivity contribution is -0.151. The molecule has 0 amide bonds. The van der Waals surface area contributed by atoms with Crippen LogP contribution in [0.5, 0.6) is 0 Å². The van der Waals surface area contributed by atoms with Crippen molar-refractivity contribution in [3.05, 3.63) is 18.0 Å². The molecule has 0 spiro atoms. The van der Waals surface area contributed by atoms with Gasteiger partial charge < -0.3 is 4.74 Å². The highest BCUT2D eigenvalue weighted by molar-refractivity contribution is 5.81. The zero-order chi connectivity index (χ0) is 14.8. The average molecular weight is 279 g/mol. The van der Waals surface area contributed by atoms with Crippen LogP contribution in [0.15, 0.2) is 12.3 Å². The maximum Gasteiger partial charge on any atom is 0.326 e. The molecule has 2 rings (SSSR count). The minimum Gasteiger partial charge on any atom is -0.468 e. The first-order valence-corrected chi connectivity index (χ1v) is 7.35. The number of carbonyl (C=O) groups is 1. The van der Waals surface area contributed by atoms with E-state index >= 15 is 0 Å². The van der Waals surface area contributed by atoms with Crippen molar-refractivity contribution >= 4 is 5.97 Å². The number of carbonyl (C=O) groups excluding carboxylic acids is 1. The first-order valence-electron chi connectivity index (χ1n) is 7.35. The number of nitrogens with one attached hydrogen (secondary N) is 1. The van der Waals surface area contributed by atoms with Crippen molar-refractivity contribution in [3.8, 4) is 0 Å². The van der Waals surface area contributed by atoms with Crippen LogP contribution >= 0.6 is 0 Å². The molecule has 0 aliphatic heterocycles. The fourth-order valence-electron chi connectivity index (χ4n) is 3.23. The quantitative estimate of drug-likeness (QED) is 0.859. The zero-order valence-electron chi connectivity index (χ0n) is 12.8. The number of rotatable bonds is 4. The van der Waals surface area contributed by atoms with E-state index in [1.807, 2.05) is 23.9 Å². The lowest BCUT2D eigenvalue weighted by Crippen LogP contribution is -2.57. The third-order valence-electron chi connectivity index (χ3n) is 3.98. The minimum atomic E-state index is -0.578. The monoisotopic (exact) mass is 279 g/mol. The van der Waals surface area contributed by atoms with Crippen LogP contribution in [0.25, 0.3) is 0 Å². The molecule has 1 aliphatic carbocycles. The lowest BCUT2D eigenvalue weighted by atomic mass is 9.78. The van der Waals surface area contributed by atoms with E-state index in [1.165, 1.54) is 7.11 Å². The molecule has 2 unspecified atom stereocenters. The fourth-order valence-corrected chi connectivity index (χ4v) is 3.23. The van der Waals surface area contributed by atoms with Crippen LogP contribution in [0, 0.1) is 6.92 Å². The molecule has 112 valence electrons. The van der Waals surface area contributed by atoms with Gasteiger partial charge in [0.25, 0.3) is 0 Å². The first kappa shape index (κ1) is 15.0. The summed E-state index contributed by atoms with van der Waals surface area (Å²) in [5, 5.41) is 7.94. The van der Waals surface area contributed by atoms with Gasteiger partial charge in [0, 0.05) is 12.2 Å². The largest absolute Gasteiger partial charge is 0.468 e. The number of ether oxygens (including phenoxy) is 1. The molecule has 1 aliphatic rings. The lowest BCUT2D eigenvalue weighted by Gasteiger charge is -2.40. The summed E-state index contributed by atoms with van der Waals surface area (Å²) in [5.74, 6) is -0.153. The van der Waals surface area contributed by atoms with Gasteiger partial charge in [-0.05, 0) is 52.5 Å². The number of hydrogen-bond donors (Lipinski definition) is 1. The summed E-state index contributed by atoms with van der Waals surface area (Å²) in [6.07, 6.45) is 5.62. The van der Waals surface area contributed by atoms with E-state index < -0.39 is 5.54 Å². The second-order valence-electron chi connectivity index (χ2n) is 6.06. The number of esters is 1. The van der Waals surface area contributed by atoms with Crippen LogP contribution in [0.2, 0.25) is 0 Å². The second kappa shape index (κ2) is 5.95. The maximum absolute atomic E-state index is 12.3. The first-order chi connectivity index (χ1) is 9.47. The number of methoxy groups -OCH3 is 1. The number of aromatic nitrogens is 2. The van der Waals surface area contributed by atoms with Crippen LogP contribution < -0.4 is 5.32 Å². The van der Waals surface area contributed by atoms with Gasteiger partial charge in [0.05, 0.1) is 18.8 Å². The van der Waals surface area contributed by atoms with Crippen molar-refractivity contribution in [3.63, 3.8) is 0 Å². The molecule has 1 saturated carbocycles. The molecule has 1 heterocycles. The smallest absolute Gasteiger partial charge is 0.326 e. The van der Waals surface area contributed by atoms with E-state index in [2.05, 4.69) is 24.3 Å². The standard InChI is InChI=1S/C15H25N3O2/c1-11(2)16-15(14(19)20-4)8-5-6-13(10-15)18-9-7-12(3)17-18/h7,9,11,13,16H,5-6,8,10H2,1-4H3. The summed E-state index contributed by atoms with van der Waals surface area (Å²) in [4.78, 5) is 12.3. The Morgan fingerprint density at radius 1 is 1.60 bits per heavy atom. The molecule has 0 bridgehead atoms. The molecular weight excluding hydrogens is 254 g/mol. The van der Waals surface area contributed by atoms with E-state index in [4.69, 9.17) is 4.74 Å². The Kier molecular flexibility index (Phi) is 4.48. The molecule has 1 fully saturated rings. The van der Waals surface area contributed by atoms with Crippen molar-refractivity contribution in [1.29, 1.82) is 0 Å². The van der Waals surface area contributed by atoms with E-state index in [1.54, 1.807) is 0 Å². The summed E-state index contributed by atoms with van der Waals surface area (Å²) in [7, 11) is 1.47. The van der Waals surface area contributed by atoms with Gasteiger partial charge in [0.15, 0.2) is 0 Å². The molecular formula is C15H25N3O2. The minimum absolute atomic E-state index is 0.153. The summed E-state index contributed by atoms with van der Waals surface area (Å²) in [6.45, 7) is 6.11. The van der Waals surface area contributed by atoms with Crippen molar-refractivity contribution in [1.82, 2.24) is 15.1 Å². The Hall–Kier alpha value is -1.36. The molecule has 0 radical (unpaired) electrons. The molecule has 1 aromatic heterocycles. The number of nitrogens with zero attached hydrogens (tertiary/aromatic N) is 2. The Labute approximate surface area is 120 Å². The van der Waals surface area contributed by atoms with E-state index in [9.17, 15) is 4.79 Å². The Bertz CT molecular complexity index is 469. The van der Waals surface area contributed by atoms with Crippen molar-refractivity contribution in [2.24, 2.45) is 0 Å². The summed E-state index contributed by atoms with van der Waals surface area (Å²) in [5.41, 5.74) is 0.433. The van der Waals surface area contributed by atoms with E-state index in [0.717, 1.165) is 31.4 Å². The van der Waals surface area contributed by atoms with Gasteiger partial charge in [0.2, 0.25) is 0 Å². The topological polar surface area (TPSA) is 56.1 Å². The SMILES string of the molecule is COC(=O)C1(NC(C)C)CCCC(n2ccc(C)n2)C1. The van der Waals surface area contributed by atoms with Gasteiger partial charge in [-0.15, -0.1) is 0 Å². The zero-order valence-corrected chi connectivity index (χ0v) is 12.8. The summed E-state index contributed by atoms with van der Waals surface area (Å²) in [6, 6.07) is 2.50. The number of hydrogen-bond acceptors (Lipinski definition) is 4. The Morgan fingerprint density at radius 2 is 2.35 bits per heavy atom. The van der Waals surface area contributed by atoms with E-state index in [0.29, 0.717) is 0 Å². The van der Waals surface area contributed by atoms with Crippen LogP contribution in [-0.4, -0.2) is 34.4 Å². The van der Waals surface area contributed by atoms with Gasteiger partial charge in [-0.3, -0.25) is 14.8 Å². The fraction of sp³-hybridized carbons (Fsp3) is 0.733. The third-order valence-corrected chi connectivity index (χ3v) is 3.98.